The van der Waals surface area contributed by atoms with Crippen molar-refractivity contribution in [1.29, 1.82) is 0 Å². The van der Waals surface area contributed by atoms with E-state index in [0.717, 1.165) is 43.5 Å². The molecule has 0 radical (unpaired) electrons. The summed E-state index contributed by atoms with van der Waals surface area (Å²) in [5, 5.41) is 3.44. The molecule has 0 aliphatic carbocycles. The highest BCUT2D eigenvalue weighted by molar-refractivity contribution is 6.31. The van der Waals surface area contributed by atoms with Crippen LogP contribution < -0.4 is 10.2 Å². The van der Waals surface area contributed by atoms with Crippen molar-refractivity contribution in [2.45, 2.75) is 13.8 Å². The summed E-state index contributed by atoms with van der Waals surface area (Å²) in [6.45, 7) is 7.58. The fourth-order valence-corrected chi connectivity index (χ4v) is 3.03. The predicted octanol–water partition coefficient (Wildman–Crippen LogP) is 2.75. The molecule has 132 valence electrons. The number of benzene rings is 1. The molecule has 3 rings (SSSR count). The van der Waals surface area contributed by atoms with Crippen LogP contribution in [-0.2, 0) is 0 Å². The number of aryl methyl sites for hydroxylation is 2. The molecule has 25 heavy (non-hydrogen) atoms. The summed E-state index contributed by atoms with van der Waals surface area (Å²) in [5.41, 5.74) is 2.69. The van der Waals surface area contributed by atoms with E-state index in [9.17, 15) is 4.79 Å². The van der Waals surface area contributed by atoms with Crippen molar-refractivity contribution in [3.05, 3.63) is 46.2 Å². The molecule has 0 spiro atoms. The molecule has 1 aliphatic heterocycles. The minimum Gasteiger partial charge on any atom is -0.338 e. The molecule has 0 atom stereocenters. The van der Waals surface area contributed by atoms with Gasteiger partial charge in [0.1, 0.15) is 0 Å². The van der Waals surface area contributed by atoms with Crippen LogP contribution >= 0.6 is 11.6 Å². The van der Waals surface area contributed by atoms with Gasteiger partial charge in [0.05, 0.1) is 17.1 Å². The number of nitrogens with zero attached hydrogens (tertiary/aromatic N) is 4. The first kappa shape index (κ1) is 17.6. The fourth-order valence-electron chi connectivity index (χ4n) is 2.84. The third kappa shape index (κ3) is 4.08. The van der Waals surface area contributed by atoms with Crippen molar-refractivity contribution in [2.24, 2.45) is 0 Å². The molecule has 6 nitrogen and oxygen atoms in total. The summed E-state index contributed by atoms with van der Waals surface area (Å²) in [7, 11) is 2.11. The van der Waals surface area contributed by atoms with Gasteiger partial charge in [-0.05, 0) is 39.1 Å². The predicted molar refractivity (Wildman–Crippen MR) is 101 cm³/mol. The van der Waals surface area contributed by atoms with Crippen LogP contribution in [0.4, 0.5) is 11.6 Å². The van der Waals surface area contributed by atoms with E-state index < -0.39 is 0 Å². The standard InChI is InChI=1S/C18H22ClN5O/c1-12-16(22-17(25)14-5-4-6-15(19)11-14)13(2)21-18(20-12)24-9-7-23(3)8-10-24/h4-6,11H,7-10H2,1-3H3,(H,22,25). The normalized spacial score (nSPS) is 15.3. The van der Waals surface area contributed by atoms with Crippen molar-refractivity contribution in [2.75, 3.05) is 43.4 Å². The van der Waals surface area contributed by atoms with Crippen LogP contribution in [0.25, 0.3) is 0 Å². The highest BCUT2D eigenvalue weighted by atomic mass is 35.5. The molecule has 2 heterocycles. The van der Waals surface area contributed by atoms with E-state index in [1.165, 1.54) is 0 Å². The van der Waals surface area contributed by atoms with Crippen molar-refractivity contribution >= 4 is 29.1 Å². The smallest absolute Gasteiger partial charge is 0.255 e. The molecular weight excluding hydrogens is 338 g/mol. The Labute approximate surface area is 152 Å². The number of halogens is 1. The lowest BCUT2D eigenvalue weighted by Crippen LogP contribution is -2.45. The van der Waals surface area contributed by atoms with E-state index in [2.05, 4.69) is 32.1 Å². The monoisotopic (exact) mass is 359 g/mol. The first-order valence-electron chi connectivity index (χ1n) is 8.29. The molecule has 1 N–H and O–H groups in total. The topological polar surface area (TPSA) is 61.4 Å². The van der Waals surface area contributed by atoms with E-state index in [-0.39, 0.29) is 5.91 Å². The molecule has 0 bridgehead atoms. The molecule has 1 aromatic heterocycles. The highest BCUT2D eigenvalue weighted by Gasteiger charge is 2.19. The van der Waals surface area contributed by atoms with Crippen molar-refractivity contribution in [3.63, 3.8) is 0 Å². The molecule has 0 saturated carbocycles. The molecule has 0 unspecified atom stereocenters. The number of likely N-dealkylation sites (N-methyl/N-ethyl adjacent to an activating group) is 1. The number of carbonyl (C=O) groups excluding carboxylic acids is 1. The van der Waals surface area contributed by atoms with Gasteiger partial charge < -0.3 is 15.1 Å². The van der Waals surface area contributed by atoms with Crippen LogP contribution in [0.3, 0.4) is 0 Å². The molecule has 1 aliphatic rings. The summed E-state index contributed by atoms with van der Waals surface area (Å²) in [6, 6.07) is 6.86. The minimum absolute atomic E-state index is 0.218. The van der Waals surface area contributed by atoms with Gasteiger partial charge in [-0.15, -0.1) is 0 Å². The third-order valence-electron chi connectivity index (χ3n) is 4.37. The van der Waals surface area contributed by atoms with Gasteiger partial charge >= 0.3 is 0 Å². The van der Waals surface area contributed by atoms with Gasteiger partial charge in [0, 0.05) is 36.8 Å². The van der Waals surface area contributed by atoms with Crippen LogP contribution in [0, 0.1) is 13.8 Å². The maximum Gasteiger partial charge on any atom is 0.255 e. The van der Waals surface area contributed by atoms with Gasteiger partial charge in [0.25, 0.3) is 5.91 Å². The first-order chi connectivity index (χ1) is 11.9. The van der Waals surface area contributed by atoms with Gasteiger partial charge in [-0.2, -0.15) is 0 Å². The lowest BCUT2D eigenvalue weighted by atomic mass is 10.2. The summed E-state index contributed by atoms with van der Waals surface area (Å²) in [4.78, 5) is 26.1. The number of rotatable bonds is 3. The lowest BCUT2D eigenvalue weighted by molar-refractivity contribution is 0.102. The molecule has 1 aromatic carbocycles. The Morgan fingerprint density at radius 3 is 2.36 bits per heavy atom. The Morgan fingerprint density at radius 2 is 1.76 bits per heavy atom. The number of anilines is 2. The van der Waals surface area contributed by atoms with Gasteiger partial charge in [0.15, 0.2) is 0 Å². The summed E-state index contributed by atoms with van der Waals surface area (Å²) in [6.07, 6.45) is 0. The molecule has 1 amide bonds. The Balaban J connectivity index is 1.79. The zero-order chi connectivity index (χ0) is 18.0. The largest absolute Gasteiger partial charge is 0.338 e. The molecule has 1 saturated heterocycles. The van der Waals surface area contributed by atoms with Crippen molar-refractivity contribution in [1.82, 2.24) is 14.9 Å². The number of hydrogen-bond donors (Lipinski definition) is 1. The SMILES string of the molecule is Cc1nc(N2CCN(C)CC2)nc(C)c1NC(=O)c1cccc(Cl)c1. The maximum atomic E-state index is 12.5. The molecule has 7 heteroatoms. The average Bonchev–Trinajstić information content (AvgIpc) is 2.58. The number of amides is 1. The fraction of sp³-hybridized carbons (Fsp3) is 0.389. The van der Waals surface area contributed by atoms with E-state index in [1.54, 1.807) is 24.3 Å². The van der Waals surface area contributed by atoms with Gasteiger partial charge in [0.2, 0.25) is 5.95 Å². The van der Waals surface area contributed by atoms with Crippen LogP contribution in [0.15, 0.2) is 24.3 Å². The Kier molecular flexibility index (Phi) is 5.20. The molecule has 1 fully saturated rings. The van der Waals surface area contributed by atoms with E-state index in [4.69, 9.17) is 11.6 Å². The zero-order valence-corrected chi connectivity index (χ0v) is 15.5. The zero-order valence-electron chi connectivity index (χ0n) is 14.7. The number of carbonyl (C=O) groups is 1. The number of piperazine rings is 1. The summed E-state index contributed by atoms with van der Waals surface area (Å²) < 4.78 is 0. The van der Waals surface area contributed by atoms with Crippen molar-refractivity contribution < 1.29 is 4.79 Å². The minimum atomic E-state index is -0.218. The number of aromatic nitrogens is 2. The highest BCUT2D eigenvalue weighted by Crippen LogP contribution is 2.22. The van der Waals surface area contributed by atoms with E-state index >= 15 is 0 Å². The second-order valence-corrected chi connectivity index (χ2v) is 6.76. The maximum absolute atomic E-state index is 12.5. The summed E-state index contributed by atoms with van der Waals surface area (Å²) >= 11 is 5.96. The van der Waals surface area contributed by atoms with Gasteiger partial charge in [-0.3, -0.25) is 4.79 Å². The number of nitrogens with one attached hydrogen (secondary N) is 1. The Hall–Kier alpha value is -2.18. The van der Waals surface area contributed by atoms with Crippen LogP contribution in [-0.4, -0.2) is 54.0 Å². The lowest BCUT2D eigenvalue weighted by Gasteiger charge is -2.32. The molecular formula is C18H22ClN5O. The van der Waals surface area contributed by atoms with Gasteiger partial charge in [-0.1, -0.05) is 17.7 Å². The van der Waals surface area contributed by atoms with E-state index in [1.807, 2.05) is 13.8 Å². The third-order valence-corrected chi connectivity index (χ3v) is 4.61. The van der Waals surface area contributed by atoms with Crippen LogP contribution in [0.5, 0.6) is 0 Å². The van der Waals surface area contributed by atoms with Crippen LogP contribution in [0.2, 0.25) is 5.02 Å². The Morgan fingerprint density at radius 1 is 1.12 bits per heavy atom. The summed E-state index contributed by atoms with van der Waals surface area (Å²) in [5.74, 6) is 0.508. The molecule has 2 aromatic rings. The average molecular weight is 360 g/mol. The Bertz CT molecular complexity index is 764. The second-order valence-electron chi connectivity index (χ2n) is 6.32. The second kappa shape index (κ2) is 7.37. The quantitative estimate of drug-likeness (QED) is 0.913. The first-order valence-corrected chi connectivity index (χ1v) is 8.67. The number of hydrogen-bond acceptors (Lipinski definition) is 5. The van der Waals surface area contributed by atoms with E-state index in [0.29, 0.717) is 16.3 Å². The van der Waals surface area contributed by atoms with Crippen LogP contribution in [0.1, 0.15) is 21.7 Å². The van der Waals surface area contributed by atoms with Crippen molar-refractivity contribution in [3.8, 4) is 0 Å². The van der Waals surface area contributed by atoms with Gasteiger partial charge in [-0.25, -0.2) is 9.97 Å².